The predicted octanol–water partition coefficient (Wildman–Crippen LogP) is 2.60. The van der Waals surface area contributed by atoms with Crippen LogP contribution in [0.5, 0.6) is 0 Å². The van der Waals surface area contributed by atoms with Crippen LogP contribution in [0.4, 0.5) is 13.2 Å². The fourth-order valence-corrected chi connectivity index (χ4v) is 2.50. The lowest BCUT2D eigenvalue weighted by Gasteiger charge is -2.18. The molecule has 10 heteroatoms. The second-order valence-electron chi connectivity index (χ2n) is 6.69. The minimum Gasteiger partial charge on any atom is -0.357 e. The minimum absolute atomic E-state index is 0. The van der Waals surface area contributed by atoms with E-state index in [9.17, 15) is 18.0 Å². The third-order valence-corrected chi connectivity index (χ3v) is 3.83. The first kappa shape index (κ1) is 27.4. The molecule has 166 valence electrons. The van der Waals surface area contributed by atoms with Crippen LogP contribution in [0, 0.1) is 0 Å². The molecule has 6 nitrogen and oxygen atoms in total. The molecule has 0 fully saturated rings. The standard InChI is InChI=1S/C19H30F3N5O.HI/c1-5-23-18(25-11-12-27(4)14-19(20,21)22)24-10-9-15-7-6-8-16(13-15)17(28)26(2)3;/h6-8,13H,5,9-12,14H2,1-4H3,(H2,23,24,25);1H. The van der Waals surface area contributed by atoms with E-state index in [0.29, 0.717) is 31.0 Å². The normalized spacial score (nSPS) is 11.8. The van der Waals surface area contributed by atoms with E-state index in [0.717, 1.165) is 5.56 Å². The summed E-state index contributed by atoms with van der Waals surface area (Å²) < 4.78 is 37.0. The minimum atomic E-state index is -4.20. The Balaban J connectivity index is 0.00000784. The molecule has 0 atom stereocenters. The van der Waals surface area contributed by atoms with E-state index in [-0.39, 0.29) is 43.0 Å². The first-order valence-electron chi connectivity index (χ1n) is 9.20. The van der Waals surface area contributed by atoms with Gasteiger partial charge in [0.05, 0.1) is 13.1 Å². The summed E-state index contributed by atoms with van der Waals surface area (Å²) in [6, 6.07) is 7.44. The molecule has 0 radical (unpaired) electrons. The van der Waals surface area contributed by atoms with Crippen molar-refractivity contribution < 1.29 is 18.0 Å². The van der Waals surface area contributed by atoms with Gasteiger partial charge in [0.2, 0.25) is 0 Å². The van der Waals surface area contributed by atoms with Crippen LogP contribution in [0.25, 0.3) is 0 Å². The van der Waals surface area contributed by atoms with E-state index in [2.05, 4.69) is 15.6 Å². The van der Waals surface area contributed by atoms with Crippen molar-refractivity contribution in [2.75, 3.05) is 53.9 Å². The molecule has 0 unspecified atom stereocenters. The highest BCUT2D eigenvalue weighted by atomic mass is 127. The van der Waals surface area contributed by atoms with E-state index >= 15 is 0 Å². The lowest BCUT2D eigenvalue weighted by molar-refractivity contribution is -0.142. The molecule has 0 spiro atoms. The van der Waals surface area contributed by atoms with Crippen molar-refractivity contribution in [3.8, 4) is 0 Å². The van der Waals surface area contributed by atoms with E-state index in [4.69, 9.17) is 0 Å². The van der Waals surface area contributed by atoms with Crippen LogP contribution in [0.15, 0.2) is 29.3 Å². The lowest BCUT2D eigenvalue weighted by Crippen LogP contribution is -2.39. The summed E-state index contributed by atoms with van der Waals surface area (Å²) >= 11 is 0. The van der Waals surface area contributed by atoms with Gasteiger partial charge in [-0.15, -0.1) is 24.0 Å². The van der Waals surface area contributed by atoms with Crippen molar-refractivity contribution in [3.63, 3.8) is 0 Å². The number of alkyl halides is 3. The molecule has 1 amide bonds. The maximum Gasteiger partial charge on any atom is 0.401 e. The topological polar surface area (TPSA) is 60.0 Å². The van der Waals surface area contributed by atoms with Crippen molar-refractivity contribution in [2.45, 2.75) is 19.5 Å². The zero-order valence-electron chi connectivity index (χ0n) is 17.3. The molecule has 29 heavy (non-hydrogen) atoms. The Bertz CT molecular complexity index is 653. The number of hydrogen-bond donors (Lipinski definition) is 2. The number of carbonyl (C=O) groups is 1. The lowest BCUT2D eigenvalue weighted by atomic mass is 10.1. The Kier molecular flexibility index (Phi) is 12.9. The summed E-state index contributed by atoms with van der Waals surface area (Å²) in [7, 11) is 4.84. The van der Waals surface area contributed by atoms with Gasteiger partial charge >= 0.3 is 6.18 Å². The smallest absolute Gasteiger partial charge is 0.357 e. The molecule has 0 heterocycles. The van der Waals surface area contributed by atoms with E-state index < -0.39 is 12.7 Å². The van der Waals surface area contributed by atoms with Crippen molar-refractivity contribution in [3.05, 3.63) is 35.4 Å². The number of nitrogens with one attached hydrogen (secondary N) is 2. The van der Waals surface area contributed by atoms with Gasteiger partial charge in [-0.1, -0.05) is 12.1 Å². The molecule has 1 rings (SSSR count). The highest BCUT2D eigenvalue weighted by Crippen LogP contribution is 2.15. The first-order chi connectivity index (χ1) is 13.1. The SMILES string of the molecule is CCNC(=NCCN(C)CC(F)(F)F)NCCc1cccc(C(=O)N(C)C)c1.I. The maximum atomic E-state index is 12.3. The number of benzene rings is 1. The van der Waals surface area contributed by atoms with Crippen LogP contribution < -0.4 is 10.6 Å². The fourth-order valence-electron chi connectivity index (χ4n) is 2.50. The molecule has 0 saturated carbocycles. The molecular weight excluding hydrogens is 498 g/mol. The molecule has 1 aromatic rings. The molecular formula is C19H31F3IN5O. The van der Waals surface area contributed by atoms with Crippen LogP contribution in [0.3, 0.4) is 0 Å². The second-order valence-corrected chi connectivity index (χ2v) is 6.69. The highest BCUT2D eigenvalue weighted by Gasteiger charge is 2.28. The predicted molar refractivity (Wildman–Crippen MR) is 121 cm³/mol. The fraction of sp³-hybridized carbons (Fsp3) is 0.579. The van der Waals surface area contributed by atoms with E-state index in [1.54, 1.807) is 20.2 Å². The van der Waals surface area contributed by atoms with E-state index in [1.165, 1.54) is 16.8 Å². The van der Waals surface area contributed by atoms with Crippen molar-refractivity contribution >= 4 is 35.8 Å². The zero-order chi connectivity index (χ0) is 21.2. The third-order valence-electron chi connectivity index (χ3n) is 3.83. The molecule has 0 aliphatic heterocycles. The van der Waals surface area contributed by atoms with Gasteiger partial charge in [-0.05, 0) is 38.1 Å². The monoisotopic (exact) mass is 529 g/mol. The van der Waals surface area contributed by atoms with Gasteiger partial charge in [0.25, 0.3) is 5.91 Å². The summed E-state index contributed by atoms with van der Waals surface area (Å²) in [6.07, 6.45) is -3.52. The van der Waals surface area contributed by atoms with Gasteiger partial charge in [-0.3, -0.25) is 14.7 Å². The molecule has 0 aliphatic rings. The summed E-state index contributed by atoms with van der Waals surface area (Å²) in [6.45, 7) is 2.68. The Morgan fingerprint density at radius 3 is 2.45 bits per heavy atom. The summed E-state index contributed by atoms with van der Waals surface area (Å²) in [5, 5.41) is 6.24. The first-order valence-corrected chi connectivity index (χ1v) is 9.20. The molecule has 0 aromatic heterocycles. The number of carbonyl (C=O) groups excluding carboxylic acids is 1. The van der Waals surface area contributed by atoms with Crippen LogP contribution >= 0.6 is 24.0 Å². The maximum absolute atomic E-state index is 12.3. The molecule has 0 aliphatic carbocycles. The summed E-state index contributed by atoms with van der Waals surface area (Å²) in [5.41, 5.74) is 1.65. The average Bonchev–Trinajstić information content (AvgIpc) is 2.59. The number of aliphatic imine (C=N–C) groups is 1. The number of halogens is 4. The Labute approximate surface area is 187 Å². The summed E-state index contributed by atoms with van der Waals surface area (Å²) in [4.78, 5) is 19.1. The Morgan fingerprint density at radius 2 is 1.86 bits per heavy atom. The Hall–Kier alpha value is -1.56. The highest BCUT2D eigenvalue weighted by molar-refractivity contribution is 14.0. The van der Waals surface area contributed by atoms with Gasteiger partial charge in [0, 0.05) is 39.3 Å². The number of amides is 1. The van der Waals surface area contributed by atoms with Gasteiger partial charge in [0.15, 0.2) is 5.96 Å². The number of hydrogen-bond acceptors (Lipinski definition) is 3. The molecule has 2 N–H and O–H groups in total. The van der Waals surface area contributed by atoms with Gasteiger partial charge in [-0.2, -0.15) is 13.2 Å². The third kappa shape index (κ3) is 11.9. The average molecular weight is 529 g/mol. The van der Waals surface area contributed by atoms with Crippen LogP contribution in [-0.4, -0.2) is 81.7 Å². The molecule has 0 saturated heterocycles. The number of nitrogens with zero attached hydrogens (tertiary/aromatic N) is 3. The van der Waals surface area contributed by atoms with Crippen LogP contribution in [0.1, 0.15) is 22.8 Å². The van der Waals surface area contributed by atoms with Crippen molar-refractivity contribution in [1.29, 1.82) is 0 Å². The van der Waals surface area contributed by atoms with Gasteiger partial charge in [0.1, 0.15) is 0 Å². The number of guanidine groups is 1. The van der Waals surface area contributed by atoms with Crippen molar-refractivity contribution in [2.24, 2.45) is 4.99 Å². The van der Waals surface area contributed by atoms with Crippen LogP contribution in [-0.2, 0) is 6.42 Å². The Morgan fingerprint density at radius 1 is 1.17 bits per heavy atom. The van der Waals surface area contributed by atoms with Crippen molar-refractivity contribution in [1.82, 2.24) is 20.4 Å². The van der Waals surface area contributed by atoms with Crippen LogP contribution in [0.2, 0.25) is 0 Å². The second kappa shape index (κ2) is 13.6. The number of rotatable bonds is 9. The largest absolute Gasteiger partial charge is 0.401 e. The zero-order valence-corrected chi connectivity index (χ0v) is 19.7. The van der Waals surface area contributed by atoms with Gasteiger partial charge in [-0.25, -0.2) is 0 Å². The molecule has 0 bridgehead atoms. The molecule has 1 aromatic carbocycles. The quantitative estimate of drug-likeness (QED) is 0.294. The number of likely N-dealkylation sites (N-methyl/N-ethyl adjacent to an activating group) is 1. The van der Waals surface area contributed by atoms with Gasteiger partial charge < -0.3 is 15.5 Å². The summed E-state index contributed by atoms with van der Waals surface area (Å²) in [5.74, 6) is 0.510. The van der Waals surface area contributed by atoms with E-state index in [1.807, 2.05) is 25.1 Å².